The van der Waals surface area contributed by atoms with Crippen LogP contribution in [-0.4, -0.2) is 29.6 Å². The maximum Gasteiger partial charge on any atom is 0.153 e. The van der Waals surface area contributed by atoms with E-state index >= 15 is 0 Å². The van der Waals surface area contributed by atoms with Gasteiger partial charge in [-0.3, -0.25) is 4.79 Å². The van der Waals surface area contributed by atoms with Crippen LogP contribution >= 0.6 is 0 Å². The van der Waals surface area contributed by atoms with E-state index in [1.54, 1.807) is 24.3 Å². The first-order valence-electron chi connectivity index (χ1n) is 7.99. The molecular formula is C19H26N2O3. The Morgan fingerprint density at radius 2 is 1.50 bits per heavy atom. The smallest absolute Gasteiger partial charge is 0.153 e. The van der Waals surface area contributed by atoms with Gasteiger partial charge in [0.2, 0.25) is 0 Å². The van der Waals surface area contributed by atoms with E-state index in [4.69, 9.17) is 5.11 Å². The Balaban J connectivity index is 0.000000243. The molecule has 0 aromatic heterocycles. The van der Waals surface area contributed by atoms with Crippen molar-refractivity contribution in [2.75, 3.05) is 23.7 Å². The number of hydrogen-bond acceptors (Lipinski definition) is 5. The predicted octanol–water partition coefficient (Wildman–Crippen LogP) is 4.08. The molecule has 0 spiro atoms. The zero-order valence-electron chi connectivity index (χ0n) is 14.7. The second-order valence-corrected chi connectivity index (χ2v) is 5.40. The molecule has 0 aliphatic rings. The van der Waals surface area contributed by atoms with Crippen LogP contribution in [-0.2, 0) is 0 Å². The molecule has 0 fully saturated rings. The van der Waals surface area contributed by atoms with Gasteiger partial charge >= 0.3 is 0 Å². The number of nitrogens with one attached hydrogen (secondary N) is 2. The Kier molecular flexibility index (Phi) is 7.62. The lowest BCUT2D eigenvalue weighted by Crippen LogP contribution is -1.99. The third-order valence-corrected chi connectivity index (χ3v) is 3.46. The van der Waals surface area contributed by atoms with Gasteiger partial charge in [0.05, 0.1) is 5.56 Å². The number of phenols is 2. The standard InChI is InChI=1S/C10H13NO2.C9H13NO/c1-3-11-9-5-10(13)8(6-12)4-7(9)2;1-3-10-9-6-8(11)5-4-7(9)2/h4-6,11,13H,3H2,1-2H3;4-6,10-11H,3H2,1-2H3. The Morgan fingerprint density at radius 1 is 0.917 bits per heavy atom. The normalized spacial score (nSPS) is 9.67. The molecule has 5 heteroatoms. The fourth-order valence-electron chi connectivity index (χ4n) is 2.19. The van der Waals surface area contributed by atoms with Crippen molar-refractivity contribution >= 4 is 17.7 Å². The van der Waals surface area contributed by atoms with Gasteiger partial charge in [-0.05, 0) is 51.0 Å². The molecule has 0 aliphatic heterocycles. The number of carbonyl (C=O) groups is 1. The first-order valence-corrected chi connectivity index (χ1v) is 7.99. The van der Waals surface area contributed by atoms with Crippen molar-refractivity contribution in [3.63, 3.8) is 0 Å². The molecule has 2 aromatic rings. The Bertz CT molecular complexity index is 685. The Hall–Kier alpha value is -2.69. The van der Waals surface area contributed by atoms with Crippen LogP contribution in [0, 0.1) is 13.8 Å². The van der Waals surface area contributed by atoms with Crippen LogP contribution in [0.1, 0.15) is 35.3 Å². The van der Waals surface area contributed by atoms with Gasteiger partial charge in [-0.1, -0.05) is 6.07 Å². The number of aryl methyl sites for hydroxylation is 2. The van der Waals surface area contributed by atoms with E-state index in [9.17, 15) is 9.90 Å². The number of phenolic OH excluding ortho intramolecular Hbond substituents is 2. The van der Waals surface area contributed by atoms with Gasteiger partial charge in [0, 0.05) is 36.6 Å². The summed E-state index contributed by atoms with van der Waals surface area (Å²) in [7, 11) is 0. The summed E-state index contributed by atoms with van der Waals surface area (Å²) in [6, 6.07) is 8.56. The minimum atomic E-state index is 0.0246. The zero-order chi connectivity index (χ0) is 18.1. The van der Waals surface area contributed by atoms with E-state index in [0.717, 1.165) is 35.6 Å². The zero-order valence-corrected chi connectivity index (χ0v) is 14.7. The summed E-state index contributed by atoms with van der Waals surface area (Å²) < 4.78 is 0. The summed E-state index contributed by atoms with van der Waals surface area (Å²) in [4.78, 5) is 10.5. The number of benzene rings is 2. The van der Waals surface area contributed by atoms with Gasteiger partial charge in [0.25, 0.3) is 0 Å². The molecule has 0 saturated heterocycles. The highest BCUT2D eigenvalue weighted by Crippen LogP contribution is 2.24. The van der Waals surface area contributed by atoms with E-state index in [2.05, 4.69) is 10.6 Å². The predicted molar refractivity (Wildman–Crippen MR) is 99.4 cm³/mol. The van der Waals surface area contributed by atoms with Gasteiger partial charge in [-0.15, -0.1) is 0 Å². The highest BCUT2D eigenvalue weighted by Gasteiger charge is 2.04. The molecule has 4 N–H and O–H groups in total. The lowest BCUT2D eigenvalue weighted by atomic mass is 10.1. The van der Waals surface area contributed by atoms with Crippen molar-refractivity contribution in [2.45, 2.75) is 27.7 Å². The Morgan fingerprint density at radius 3 is 2.04 bits per heavy atom. The molecule has 0 bridgehead atoms. The molecule has 130 valence electrons. The van der Waals surface area contributed by atoms with Crippen molar-refractivity contribution in [3.8, 4) is 11.5 Å². The summed E-state index contributed by atoms with van der Waals surface area (Å²) in [6.45, 7) is 9.58. The largest absolute Gasteiger partial charge is 0.508 e. The first kappa shape index (κ1) is 19.4. The fourth-order valence-corrected chi connectivity index (χ4v) is 2.19. The molecule has 5 nitrogen and oxygen atoms in total. The SMILES string of the molecule is CCNc1cc(O)c(C=O)cc1C.CCNc1cc(O)ccc1C. The highest BCUT2D eigenvalue weighted by molar-refractivity contribution is 5.81. The quantitative estimate of drug-likeness (QED) is 0.621. The topological polar surface area (TPSA) is 81.6 Å². The van der Waals surface area contributed by atoms with Crippen LogP contribution in [0.5, 0.6) is 11.5 Å². The Labute approximate surface area is 143 Å². The van der Waals surface area contributed by atoms with E-state index in [0.29, 0.717) is 17.6 Å². The third kappa shape index (κ3) is 5.50. The molecular weight excluding hydrogens is 304 g/mol. The molecule has 24 heavy (non-hydrogen) atoms. The maximum atomic E-state index is 10.5. The number of aromatic hydroxyl groups is 2. The average molecular weight is 330 g/mol. The average Bonchev–Trinajstić information content (AvgIpc) is 2.55. The van der Waals surface area contributed by atoms with Crippen LogP contribution < -0.4 is 10.6 Å². The molecule has 0 heterocycles. The summed E-state index contributed by atoms with van der Waals surface area (Å²) in [5.74, 6) is 0.336. The molecule has 0 amide bonds. The van der Waals surface area contributed by atoms with Gasteiger partial charge in [0.1, 0.15) is 11.5 Å². The van der Waals surface area contributed by atoms with E-state index in [-0.39, 0.29) is 5.75 Å². The van der Waals surface area contributed by atoms with Crippen LogP contribution in [0.15, 0.2) is 30.3 Å². The van der Waals surface area contributed by atoms with Crippen molar-refractivity contribution < 1.29 is 15.0 Å². The molecule has 2 aromatic carbocycles. The molecule has 0 radical (unpaired) electrons. The summed E-state index contributed by atoms with van der Waals surface area (Å²) in [6.07, 6.45) is 0.651. The number of hydrogen-bond donors (Lipinski definition) is 4. The third-order valence-electron chi connectivity index (χ3n) is 3.46. The second kappa shape index (κ2) is 9.45. The van der Waals surface area contributed by atoms with Crippen molar-refractivity contribution in [2.24, 2.45) is 0 Å². The summed E-state index contributed by atoms with van der Waals surface area (Å²) in [5.41, 5.74) is 4.32. The van der Waals surface area contributed by atoms with Crippen LogP contribution in [0.4, 0.5) is 11.4 Å². The minimum Gasteiger partial charge on any atom is -0.508 e. The van der Waals surface area contributed by atoms with E-state index in [1.807, 2.05) is 33.8 Å². The summed E-state index contributed by atoms with van der Waals surface area (Å²) in [5, 5.41) is 24.7. The molecule has 0 aliphatic carbocycles. The van der Waals surface area contributed by atoms with Gasteiger partial charge in [-0.25, -0.2) is 0 Å². The first-order chi connectivity index (χ1) is 11.4. The molecule has 0 unspecified atom stereocenters. The van der Waals surface area contributed by atoms with Crippen LogP contribution in [0.2, 0.25) is 0 Å². The number of anilines is 2. The second-order valence-electron chi connectivity index (χ2n) is 5.40. The van der Waals surface area contributed by atoms with Gasteiger partial charge in [0.15, 0.2) is 6.29 Å². The number of rotatable bonds is 5. The van der Waals surface area contributed by atoms with E-state index < -0.39 is 0 Å². The maximum absolute atomic E-state index is 10.5. The number of aldehydes is 1. The molecule has 0 saturated carbocycles. The minimum absolute atomic E-state index is 0.0246. The lowest BCUT2D eigenvalue weighted by molar-refractivity contribution is 0.112. The molecule has 0 atom stereocenters. The van der Waals surface area contributed by atoms with Crippen molar-refractivity contribution in [3.05, 3.63) is 47.0 Å². The summed E-state index contributed by atoms with van der Waals surface area (Å²) >= 11 is 0. The monoisotopic (exact) mass is 330 g/mol. The van der Waals surface area contributed by atoms with Crippen LogP contribution in [0.25, 0.3) is 0 Å². The fraction of sp³-hybridized carbons (Fsp3) is 0.316. The lowest BCUT2D eigenvalue weighted by Gasteiger charge is -2.08. The molecule has 2 rings (SSSR count). The van der Waals surface area contributed by atoms with Crippen molar-refractivity contribution in [1.29, 1.82) is 0 Å². The van der Waals surface area contributed by atoms with Crippen LogP contribution in [0.3, 0.4) is 0 Å². The highest BCUT2D eigenvalue weighted by atomic mass is 16.3. The number of carbonyl (C=O) groups excluding carboxylic acids is 1. The van der Waals surface area contributed by atoms with E-state index in [1.165, 1.54) is 0 Å². The van der Waals surface area contributed by atoms with Gasteiger partial charge < -0.3 is 20.8 Å². The van der Waals surface area contributed by atoms with Crippen molar-refractivity contribution in [1.82, 2.24) is 0 Å². The van der Waals surface area contributed by atoms with Gasteiger partial charge in [-0.2, -0.15) is 0 Å².